The zero-order valence-corrected chi connectivity index (χ0v) is 18.5. The van der Waals surface area contributed by atoms with Crippen LogP contribution < -0.4 is 15.1 Å². The van der Waals surface area contributed by atoms with E-state index < -0.39 is 16.1 Å². The second-order valence-corrected chi connectivity index (χ2v) is 10.1. The molecule has 2 heterocycles. The number of urea groups is 1. The molecule has 1 aliphatic rings. The normalized spacial score (nSPS) is 14.9. The highest BCUT2D eigenvalue weighted by atomic mass is 32.2. The van der Waals surface area contributed by atoms with Gasteiger partial charge < -0.3 is 15.0 Å². The maximum absolute atomic E-state index is 12.6. The smallest absolute Gasteiger partial charge is 0.327 e. The molecule has 0 unspecified atom stereocenters. The van der Waals surface area contributed by atoms with Crippen LogP contribution in [0, 0.1) is 6.92 Å². The van der Waals surface area contributed by atoms with E-state index in [0.29, 0.717) is 29.7 Å². The van der Waals surface area contributed by atoms with Crippen molar-refractivity contribution in [1.29, 1.82) is 0 Å². The first-order valence-electron chi connectivity index (χ1n) is 9.07. The molecule has 2 amide bonds. The third kappa shape index (κ3) is 4.69. The molecule has 29 heavy (non-hydrogen) atoms. The van der Waals surface area contributed by atoms with Crippen molar-refractivity contribution in [3.63, 3.8) is 0 Å². The van der Waals surface area contributed by atoms with E-state index in [9.17, 15) is 13.2 Å². The summed E-state index contributed by atoms with van der Waals surface area (Å²) in [6.07, 6.45) is 0. The molecule has 0 radical (unpaired) electrons. The van der Waals surface area contributed by atoms with Gasteiger partial charge in [-0.1, -0.05) is 11.3 Å². The molecule has 1 aromatic carbocycles. The molecule has 0 aliphatic carbocycles. The number of nitrogens with zero attached hydrogens (tertiary/aromatic N) is 4. The van der Waals surface area contributed by atoms with Gasteiger partial charge in [-0.2, -0.15) is 0 Å². The van der Waals surface area contributed by atoms with Crippen molar-refractivity contribution in [2.45, 2.75) is 11.1 Å². The number of carbonyl (C=O) groups is 1. The van der Waals surface area contributed by atoms with Gasteiger partial charge in [-0.05, 0) is 31.2 Å². The molecule has 0 atom stereocenters. The summed E-state index contributed by atoms with van der Waals surface area (Å²) in [4.78, 5) is 20.4. The molecule has 1 fully saturated rings. The molecule has 0 spiro atoms. The second kappa shape index (κ2) is 8.66. The summed E-state index contributed by atoms with van der Waals surface area (Å²) < 4.78 is 31.4. The van der Waals surface area contributed by atoms with Crippen molar-refractivity contribution in [1.82, 2.24) is 9.29 Å². The number of amides is 2. The third-order valence-electron chi connectivity index (χ3n) is 4.54. The summed E-state index contributed by atoms with van der Waals surface area (Å²) >= 11 is 0.969. The average Bonchev–Trinajstić information content (AvgIpc) is 3.11. The van der Waals surface area contributed by atoms with Gasteiger partial charge in [0.25, 0.3) is 10.0 Å². The summed E-state index contributed by atoms with van der Waals surface area (Å²) in [5, 5.41) is 3.12. The van der Waals surface area contributed by atoms with Gasteiger partial charge in [0.15, 0.2) is 9.34 Å². The molecule has 1 N–H and O–H groups in total. The summed E-state index contributed by atoms with van der Waals surface area (Å²) in [5.74, 6) is 0. The maximum Gasteiger partial charge on any atom is 0.327 e. The maximum atomic E-state index is 12.6. The third-order valence-corrected chi connectivity index (χ3v) is 8.18. The number of aromatic nitrogens is 1. The predicted octanol–water partition coefficient (Wildman–Crippen LogP) is 2.21. The van der Waals surface area contributed by atoms with E-state index in [1.807, 2.05) is 24.3 Å². The van der Waals surface area contributed by atoms with Crippen LogP contribution in [-0.4, -0.2) is 71.2 Å². The number of sulfonamides is 1. The Morgan fingerprint density at radius 3 is 2.38 bits per heavy atom. The Balaban J connectivity index is 1.69. The molecule has 158 valence electrons. The number of hydrogen-bond acceptors (Lipinski definition) is 7. The topological polar surface area (TPSA) is 95.1 Å². The minimum atomic E-state index is -3.60. The van der Waals surface area contributed by atoms with E-state index in [1.54, 1.807) is 14.0 Å². The zero-order chi connectivity index (χ0) is 21.2. The lowest BCUT2D eigenvalue weighted by molar-refractivity contribution is 0.122. The van der Waals surface area contributed by atoms with Crippen LogP contribution in [0.4, 0.5) is 21.3 Å². The fourth-order valence-corrected chi connectivity index (χ4v) is 5.39. The zero-order valence-electron chi connectivity index (χ0n) is 16.9. The Bertz CT molecular complexity index is 967. The van der Waals surface area contributed by atoms with Gasteiger partial charge in [0, 0.05) is 45.6 Å². The number of rotatable bonds is 5. The van der Waals surface area contributed by atoms with Gasteiger partial charge >= 0.3 is 6.03 Å². The van der Waals surface area contributed by atoms with Crippen LogP contribution in [0.3, 0.4) is 0 Å². The lowest BCUT2D eigenvalue weighted by atomic mass is 10.2. The Labute approximate surface area is 174 Å². The fourth-order valence-electron chi connectivity index (χ4n) is 2.79. The Morgan fingerprint density at radius 2 is 1.79 bits per heavy atom. The fraction of sp³-hybridized carbons (Fsp3) is 0.444. The standard InChI is InChI=1S/C18H25N5O4S2/c1-13-16(29(25,26)21(2)3)28-18(19-13)22(4)17(24)20-14-5-7-15(8-6-14)23-9-11-27-12-10-23/h5-8H,9-12H2,1-4H3,(H,20,24). The number of thiazole rings is 1. The summed E-state index contributed by atoms with van der Waals surface area (Å²) in [5.41, 5.74) is 2.09. The minimum absolute atomic E-state index is 0.131. The van der Waals surface area contributed by atoms with E-state index in [4.69, 9.17) is 4.74 Å². The largest absolute Gasteiger partial charge is 0.378 e. The van der Waals surface area contributed by atoms with Crippen molar-refractivity contribution in [3.05, 3.63) is 30.0 Å². The van der Waals surface area contributed by atoms with Crippen molar-refractivity contribution < 1.29 is 17.9 Å². The monoisotopic (exact) mass is 439 g/mol. The summed E-state index contributed by atoms with van der Waals surface area (Å²) in [6.45, 7) is 4.72. The van der Waals surface area contributed by atoms with Crippen LogP contribution in [0.25, 0.3) is 0 Å². The van der Waals surface area contributed by atoms with Crippen LogP contribution >= 0.6 is 11.3 Å². The number of morpholine rings is 1. The first kappa shape index (κ1) is 21.5. The van der Waals surface area contributed by atoms with E-state index >= 15 is 0 Å². The van der Waals surface area contributed by atoms with Gasteiger partial charge in [-0.15, -0.1) is 0 Å². The van der Waals surface area contributed by atoms with Crippen LogP contribution in [0.15, 0.2) is 28.5 Å². The lowest BCUT2D eigenvalue weighted by Crippen LogP contribution is -2.36. The molecular formula is C18H25N5O4S2. The molecule has 1 aromatic heterocycles. The van der Waals surface area contributed by atoms with Crippen molar-refractivity contribution in [2.75, 3.05) is 62.6 Å². The number of aryl methyl sites for hydroxylation is 1. The highest BCUT2D eigenvalue weighted by Gasteiger charge is 2.26. The van der Waals surface area contributed by atoms with Crippen molar-refractivity contribution >= 4 is 43.9 Å². The van der Waals surface area contributed by atoms with E-state index in [2.05, 4.69) is 15.2 Å². The van der Waals surface area contributed by atoms with Gasteiger partial charge in [0.2, 0.25) is 0 Å². The molecular weight excluding hydrogens is 414 g/mol. The lowest BCUT2D eigenvalue weighted by Gasteiger charge is -2.29. The average molecular weight is 440 g/mol. The predicted molar refractivity (Wildman–Crippen MR) is 115 cm³/mol. The summed E-state index contributed by atoms with van der Waals surface area (Å²) in [7, 11) is 0.881. The van der Waals surface area contributed by atoms with Crippen LogP contribution in [-0.2, 0) is 14.8 Å². The molecule has 0 saturated carbocycles. The van der Waals surface area contributed by atoms with E-state index in [-0.39, 0.29) is 4.21 Å². The van der Waals surface area contributed by atoms with E-state index in [1.165, 1.54) is 19.0 Å². The quantitative estimate of drug-likeness (QED) is 0.768. The van der Waals surface area contributed by atoms with Crippen molar-refractivity contribution in [3.8, 4) is 0 Å². The van der Waals surface area contributed by atoms with Gasteiger partial charge in [-0.25, -0.2) is 22.5 Å². The summed E-state index contributed by atoms with van der Waals surface area (Å²) in [6, 6.07) is 7.19. The number of ether oxygens (including phenoxy) is 1. The number of carbonyl (C=O) groups excluding carboxylic acids is 1. The molecule has 9 nitrogen and oxygen atoms in total. The van der Waals surface area contributed by atoms with Crippen LogP contribution in [0.5, 0.6) is 0 Å². The molecule has 0 bridgehead atoms. The second-order valence-electron chi connectivity index (χ2n) is 6.79. The SMILES string of the molecule is Cc1nc(N(C)C(=O)Nc2ccc(N3CCOCC3)cc2)sc1S(=O)(=O)N(C)C. The number of nitrogens with one attached hydrogen (secondary N) is 1. The Morgan fingerprint density at radius 1 is 1.17 bits per heavy atom. The highest BCUT2D eigenvalue weighted by Crippen LogP contribution is 2.31. The van der Waals surface area contributed by atoms with Gasteiger partial charge in [0.05, 0.1) is 18.9 Å². The number of benzene rings is 1. The number of hydrogen-bond donors (Lipinski definition) is 1. The highest BCUT2D eigenvalue weighted by molar-refractivity contribution is 7.91. The molecule has 1 saturated heterocycles. The molecule has 11 heteroatoms. The molecule has 2 aromatic rings. The first-order valence-corrected chi connectivity index (χ1v) is 11.3. The van der Waals surface area contributed by atoms with E-state index in [0.717, 1.165) is 34.4 Å². The molecule has 3 rings (SSSR count). The molecule has 1 aliphatic heterocycles. The van der Waals surface area contributed by atoms with Crippen molar-refractivity contribution in [2.24, 2.45) is 0 Å². The Kier molecular flexibility index (Phi) is 6.42. The Hall–Kier alpha value is -2.21. The first-order chi connectivity index (χ1) is 13.7. The minimum Gasteiger partial charge on any atom is -0.378 e. The van der Waals surface area contributed by atoms with Gasteiger partial charge in [-0.3, -0.25) is 4.90 Å². The number of anilines is 3. The van der Waals surface area contributed by atoms with Gasteiger partial charge in [0.1, 0.15) is 0 Å². The van der Waals surface area contributed by atoms with Crippen LogP contribution in [0.1, 0.15) is 5.69 Å². The van der Waals surface area contributed by atoms with Crippen LogP contribution in [0.2, 0.25) is 0 Å².